The maximum atomic E-state index is 13.0. The van der Waals surface area contributed by atoms with E-state index >= 15 is 0 Å². The van der Waals surface area contributed by atoms with E-state index in [1.807, 2.05) is 18.3 Å². The molecule has 3 rings (SSSR count). The van der Waals surface area contributed by atoms with Crippen LogP contribution < -0.4 is 5.32 Å². The second-order valence-electron chi connectivity index (χ2n) is 5.16. The zero-order chi connectivity index (χ0) is 15.4. The van der Waals surface area contributed by atoms with Crippen molar-refractivity contribution in [1.29, 1.82) is 0 Å². The van der Waals surface area contributed by atoms with Gasteiger partial charge in [-0.3, -0.25) is 4.98 Å². The van der Waals surface area contributed by atoms with E-state index in [4.69, 9.17) is 5.11 Å². The monoisotopic (exact) mass is 299 g/mol. The van der Waals surface area contributed by atoms with Crippen LogP contribution in [0.2, 0.25) is 0 Å². The molecule has 0 fully saturated rings. The number of hydrogen-bond acceptors (Lipinski definition) is 3. The average Bonchev–Trinajstić information content (AvgIpc) is 2.94. The Balaban J connectivity index is 1.85. The topological polar surface area (TPSA) is 50.1 Å². The highest BCUT2D eigenvalue weighted by Gasteiger charge is 2.07. The molecule has 0 unspecified atom stereocenters. The molecule has 2 aromatic heterocycles. The van der Waals surface area contributed by atoms with Gasteiger partial charge >= 0.3 is 0 Å². The Kier molecular flexibility index (Phi) is 4.46. The Morgan fingerprint density at radius 1 is 1.14 bits per heavy atom. The molecule has 0 spiro atoms. The third-order valence-corrected chi connectivity index (χ3v) is 3.63. The molecule has 0 saturated heterocycles. The minimum atomic E-state index is -0.220. The molecule has 0 aliphatic rings. The highest BCUT2D eigenvalue weighted by atomic mass is 19.1. The summed E-state index contributed by atoms with van der Waals surface area (Å²) in [6, 6.07) is 10.6. The first-order valence-electron chi connectivity index (χ1n) is 7.26. The number of benzene rings is 1. The first-order chi connectivity index (χ1) is 10.8. The summed E-state index contributed by atoms with van der Waals surface area (Å²) in [6.45, 7) is 1.98. The maximum absolute atomic E-state index is 13.0. The Hall–Kier alpha value is -2.24. The van der Waals surface area contributed by atoms with E-state index in [1.165, 1.54) is 12.1 Å². The molecule has 114 valence electrons. The Bertz CT molecular complexity index is 752. The summed E-state index contributed by atoms with van der Waals surface area (Å²) in [5.41, 5.74) is 3.11. The first-order valence-corrected chi connectivity index (χ1v) is 7.26. The minimum Gasteiger partial charge on any atom is -0.395 e. The highest BCUT2D eigenvalue weighted by molar-refractivity contribution is 5.82. The van der Waals surface area contributed by atoms with Gasteiger partial charge in [-0.1, -0.05) is 12.1 Å². The highest BCUT2D eigenvalue weighted by Crippen LogP contribution is 2.19. The molecule has 3 aromatic rings. The Labute approximate surface area is 128 Å². The van der Waals surface area contributed by atoms with Crippen LogP contribution in [0.25, 0.3) is 10.9 Å². The number of nitrogens with zero attached hydrogens (tertiary/aromatic N) is 2. The fourth-order valence-corrected chi connectivity index (χ4v) is 2.53. The van der Waals surface area contributed by atoms with Crippen molar-refractivity contribution in [1.82, 2.24) is 14.9 Å². The average molecular weight is 299 g/mol. The lowest BCUT2D eigenvalue weighted by Crippen LogP contribution is -2.18. The lowest BCUT2D eigenvalue weighted by molar-refractivity contribution is 0.292. The number of halogens is 1. The summed E-state index contributed by atoms with van der Waals surface area (Å²) in [5.74, 6) is -0.220. The number of aliphatic hydroxyl groups is 1. The van der Waals surface area contributed by atoms with Crippen LogP contribution in [-0.4, -0.2) is 27.8 Å². The predicted molar refractivity (Wildman–Crippen MR) is 84.0 cm³/mol. The third-order valence-electron chi connectivity index (χ3n) is 3.63. The first kappa shape index (κ1) is 14.7. The number of rotatable bonds is 6. The van der Waals surface area contributed by atoms with Gasteiger partial charge in [0.15, 0.2) is 0 Å². The normalized spacial score (nSPS) is 11.2. The van der Waals surface area contributed by atoms with Crippen molar-refractivity contribution in [3.63, 3.8) is 0 Å². The van der Waals surface area contributed by atoms with E-state index in [0.717, 1.165) is 22.2 Å². The van der Waals surface area contributed by atoms with Gasteiger partial charge in [0.2, 0.25) is 0 Å². The SMILES string of the molecule is OCCNCc1nccc2c1ccn2Cc1ccc(F)cc1. The number of nitrogens with one attached hydrogen (secondary N) is 1. The molecule has 1 aromatic carbocycles. The van der Waals surface area contributed by atoms with E-state index in [0.29, 0.717) is 19.6 Å². The van der Waals surface area contributed by atoms with Crippen molar-refractivity contribution < 1.29 is 9.50 Å². The van der Waals surface area contributed by atoms with Crippen molar-refractivity contribution in [2.75, 3.05) is 13.2 Å². The quantitative estimate of drug-likeness (QED) is 0.687. The summed E-state index contributed by atoms with van der Waals surface area (Å²) in [7, 11) is 0. The van der Waals surface area contributed by atoms with Crippen LogP contribution in [0, 0.1) is 5.82 Å². The van der Waals surface area contributed by atoms with Crippen molar-refractivity contribution in [2.24, 2.45) is 0 Å². The maximum Gasteiger partial charge on any atom is 0.123 e. The van der Waals surface area contributed by atoms with Gasteiger partial charge in [0.1, 0.15) is 5.82 Å². The lowest BCUT2D eigenvalue weighted by Gasteiger charge is -2.08. The molecule has 4 nitrogen and oxygen atoms in total. The van der Waals surface area contributed by atoms with Crippen LogP contribution in [0.1, 0.15) is 11.3 Å². The van der Waals surface area contributed by atoms with Gasteiger partial charge in [-0.05, 0) is 29.8 Å². The number of aliphatic hydroxyl groups excluding tert-OH is 1. The van der Waals surface area contributed by atoms with Crippen molar-refractivity contribution in [2.45, 2.75) is 13.1 Å². The van der Waals surface area contributed by atoms with Crippen LogP contribution in [-0.2, 0) is 13.1 Å². The fourth-order valence-electron chi connectivity index (χ4n) is 2.53. The van der Waals surface area contributed by atoms with Gasteiger partial charge in [-0.25, -0.2) is 4.39 Å². The summed E-state index contributed by atoms with van der Waals surface area (Å²) in [6.07, 6.45) is 3.81. The Morgan fingerprint density at radius 2 is 1.95 bits per heavy atom. The number of aromatic nitrogens is 2. The number of fused-ring (bicyclic) bond motifs is 1. The summed E-state index contributed by atoms with van der Waals surface area (Å²) in [4.78, 5) is 4.40. The zero-order valence-electron chi connectivity index (χ0n) is 12.2. The second-order valence-corrected chi connectivity index (χ2v) is 5.16. The number of pyridine rings is 1. The predicted octanol–water partition coefficient (Wildman–Crippen LogP) is 2.31. The molecule has 0 aliphatic carbocycles. The fraction of sp³-hybridized carbons (Fsp3) is 0.235. The molecule has 2 heterocycles. The molecule has 0 atom stereocenters. The van der Waals surface area contributed by atoms with Crippen molar-refractivity contribution in [3.05, 3.63) is 65.9 Å². The molecule has 0 saturated carbocycles. The summed E-state index contributed by atoms with van der Waals surface area (Å²) in [5, 5.41) is 13.1. The van der Waals surface area contributed by atoms with Crippen LogP contribution in [0.5, 0.6) is 0 Å². The molecule has 0 bridgehead atoms. The van der Waals surface area contributed by atoms with E-state index in [9.17, 15) is 4.39 Å². The van der Waals surface area contributed by atoms with Crippen LogP contribution in [0.3, 0.4) is 0 Å². The molecular formula is C17H18FN3O. The summed E-state index contributed by atoms with van der Waals surface area (Å²) < 4.78 is 15.1. The second kappa shape index (κ2) is 6.68. The van der Waals surface area contributed by atoms with Crippen molar-refractivity contribution in [3.8, 4) is 0 Å². The van der Waals surface area contributed by atoms with Crippen LogP contribution >= 0.6 is 0 Å². The van der Waals surface area contributed by atoms with Crippen LogP contribution in [0.15, 0.2) is 48.8 Å². The van der Waals surface area contributed by atoms with Gasteiger partial charge in [0, 0.05) is 37.4 Å². The van der Waals surface area contributed by atoms with Gasteiger partial charge < -0.3 is 15.0 Å². The van der Waals surface area contributed by atoms with E-state index in [2.05, 4.69) is 14.9 Å². The standard InChI is InChI=1S/C17H18FN3O/c18-14-3-1-13(2-4-14)12-21-9-6-15-16(11-19-8-10-22)20-7-5-17(15)21/h1-7,9,19,22H,8,10-12H2. The van der Waals surface area contributed by atoms with Gasteiger partial charge in [-0.15, -0.1) is 0 Å². The lowest BCUT2D eigenvalue weighted by atomic mass is 10.2. The van der Waals surface area contributed by atoms with E-state index < -0.39 is 0 Å². The van der Waals surface area contributed by atoms with Crippen LogP contribution in [0.4, 0.5) is 4.39 Å². The zero-order valence-corrected chi connectivity index (χ0v) is 12.2. The molecular weight excluding hydrogens is 281 g/mol. The van der Waals surface area contributed by atoms with E-state index in [-0.39, 0.29) is 12.4 Å². The minimum absolute atomic E-state index is 0.113. The van der Waals surface area contributed by atoms with Gasteiger partial charge in [0.05, 0.1) is 17.8 Å². The molecule has 0 amide bonds. The molecule has 2 N–H and O–H groups in total. The van der Waals surface area contributed by atoms with E-state index in [1.54, 1.807) is 18.3 Å². The van der Waals surface area contributed by atoms with Crippen molar-refractivity contribution >= 4 is 10.9 Å². The molecule has 22 heavy (non-hydrogen) atoms. The van der Waals surface area contributed by atoms with Gasteiger partial charge in [-0.2, -0.15) is 0 Å². The molecule has 0 radical (unpaired) electrons. The van der Waals surface area contributed by atoms with Gasteiger partial charge in [0.25, 0.3) is 0 Å². The molecule has 5 heteroatoms. The third kappa shape index (κ3) is 3.16. The summed E-state index contributed by atoms with van der Waals surface area (Å²) >= 11 is 0. The number of hydrogen-bond donors (Lipinski definition) is 2. The smallest absolute Gasteiger partial charge is 0.123 e. The Morgan fingerprint density at radius 3 is 2.73 bits per heavy atom. The largest absolute Gasteiger partial charge is 0.395 e. The molecule has 0 aliphatic heterocycles.